The van der Waals surface area contributed by atoms with Crippen LogP contribution in [-0.4, -0.2) is 28.1 Å². The van der Waals surface area contributed by atoms with Crippen LogP contribution in [0.1, 0.15) is 96.8 Å². The van der Waals surface area contributed by atoms with Gasteiger partial charge in [0, 0.05) is 6.42 Å². The van der Waals surface area contributed by atoms with Crippen molar-refractivity contribution in [3.8, 4) is 0 Å². The summed E-state index contributed by atoms with van der Waals surface area (Å²) in [5, 5.41) is 17.5. The van der Waals surface area contributed by atoms with Crippen LogP contribution in [0, 0.1) is 0 Å². The average molecular weight is 314 g/mol. The second kappa shape index (κ2) is 15.0. The first-order valence-electron chi connectivity index (χ1n) is 9.03. The van der Waals surface area contributed by atoms with Crippen LogP contribution in [-0.2, 0) is 9.59 Å². The minimum atomic E-state index is -1.84. The first kappa shape index (κ1) is 21.1. The Morgan fingerprint density at radius 1 is 0.727 bits per heavy atom. The number of ketones is 1. The van der Waals surface area contributed by atoms with E-state index in [4.69, 9.17) is 10.2 Å². The quantitative estimate of drug-likeness (QED) is 0.325. The first-order chi connectivity index (χ1) is 10.6. The maximum atomic E-state index is 11.3. The maximum absolute atomic E-state index is 11.3. The second-order valence-electron chi connectivity index (χ2n) is 6.20. The van der Waals surface area contributed by atoms with E-state index >= 15 is 0 Å². The van der Waals surface area contributed by atoms with Gasteiger partial charge in [0.25, 0.3) is 0 Å². The highest BCUT2D eigenvalue weighted by atomic mass is 16.4. The highest BCUT2D eigenvalue weighted by molar-refractivity contribution is 6.00. The third kappa shape index (κ3) is 12.8. The van der Waals surface area contributed by atoms with E-state index in [9.17, 15) is 9.59 Å². The molecule has 0 aliphatic heterocycles. The molecular weight excluding hydrogens is 280 g/mol. The van der Waals surface area contributed by atoms with Crippen molar-refractivity contribution in [1.29, 1.82) is 0 Å². The number of carbonyl (C=O) groups excluding carboxylic acids is 1. The SMILES string of the molecule is CCCCCCCCCCCCCCCC(=O)C(O)C(=O)O. The number of hydrogen-bond acceptors (Lipinski definition) is 3. The summed E-state index contributed by atoms with van der Waals surface area (Å²) in [4.78, 5) is 21.7. The number of rotatable bonds is 16. The fourth-order valence-electron chi connectivity index (χ4n) is 2.59. The molecule has 1 atom stereocenters. The number of carbonyl (C=O) groups is 2. The molecule has 0 heterocycles. The van der Waals surface area contributed by atoms with Gasteiger partial charge in [0.1, 0.15) is 0 Å². The van der Waals surface area contributed by atoms with Crippen molar-refractivity contribution in [3.63, 3.8) is 0 Å². The molecule has 0 aliphatic carbocycles. The van der Waals surface area contributed by atoms with Gasteiger partial charge in [-0.05, 0) is 6.42 Å². The lowest BCUT2D eigenvalue weighted by atomic mass is 10.0. The molecule has 0 aromatic carbocycles. The molecule has 1 unspecified atom stereocenters. The number of aliphatic hydroxyl groups is 1. The van der Waals surface area contributed by atoms with Crippen LogP contribution in [0.2, 0.25) is 0 Å². The number of unbranched alkanes of at least 4 members (excludes halogenated alkanes) is 12. The van der Waals surface area contributed by atoms with Gasteiger partial charge >= 0.3 is 5.97 Å². The summed E-state index contributed by atoms with van der Waals surface area (Å²) in [5.74, 6) is -2.02. The molecule has 0 radical (unpaired) electrons. The van der Waals surface area contributed by atoms with E-state index in [2.05, 4.69) is 6.92 Å². The monoisotopic (exact) mass is 314 g/mol. The van der Waals surface area contributed by atoms with Crippen molar-refractivity contribution >= 4 is 11.8 Å². The van der Waals surface area contributed by atoms with Crippen molar-refractivity contribution in [2.24, 2.45) is 0 Å². The van der Waals surface area contributed by atoms with Gasteiger partial charge in [0.15, 0.2) is 5.78 Å². The van der Waals surface area contributed by atoms with Crippen LogP contribution in [0.25, 0.3) is 0 Å². The van der Waals surface area contributed by atoms with Crippen LogP contribution < -0.4 is 0 Å². The summed E-state index contributed by atoms with van der Waals surface area (Å²) in [6.45, 7) is 2.24. The van der Waals surface area contributed by atoms with Crippen molar-refractivity contribution in [2.45, 2.75) is 103 Å². The molecule has 0 rings (SSSR count). The normalized spacial score (nSPS) is 12.3. The zero-order valence-corrected chi connectivity index (χ0v) is 14.2. The Kier molecular flexibility index (Phi) is 14.4. The number of hydrogen-bond donors (Lipinski definition) is 2. The number of aliphatic carboxylic acids is 1. The Hall–Kier alpha value is -0.900. The summed E-state index contributed by atoms with van der Waals surface area (Å²) < 4.78 is 0. The van der Waals surface area contributed by atoms with E-state index in [1.165, 1.54) is 64.2 Å². The zero-order valence-electron chi connectivity index (χ0n) is 14.2. The van der Waals surface area contributed by atoms with Crippen molar-refractivity contribution in [1.82, 2.24) is 0 Å². The fraction of sp³-hybridized carbons (Fsp3) is 0.889. The highest BCUT2D eigenvalue weighted by Crippen LogP contribution is 2.13. The van der Waals surface area contributed by atoms with Crippen molar-refractivity contribution in [2.75, 3.05) is 0 Å². The van der Waals surface area contributed by atoms with E-state index in [1.807, 2.05) is 0 Å². The predicted molar refractivity (Wildman–Crippen MR) is 89.0 cm³/mol. The number of aliphatic hydroxyl groups excluding tert-OH is 1. The van der Waals surface area contributed by atoms with Gasteiger partial charge in [-0.1, -0.05) is 84.0 Å². The van der Waals surface area contributed by atoms with E-state index in [0.29, 0.717) is 6.42 Å². The lowest BCUT2D eigenvalue weighted by molar-refractivity contribution is -0.152. The molecule has 130 valence electrons. The number of carboxylic acid groups (broad SMARTS) is 1. The third-order valence-electron chi connectivity index (χ3n) is 4.07. The van der Waals surface area contributed by atoms with Crippen LogP contribution in [0.3, 0.4) is 0 Å². The van der Waals surface area contributed by atoms with Gasteiger partial charge in [0.05, 0.1) is 0 Å². The van der Waals surface area contributed by atoms with E-state index < -0.39 is 17.9 Å². The van der Waals surface area contributed by atoms with E-state index in [-0.39, 0.29) is 6.42 Å². The van der Waals surface area contributed by atoms with Crippen LogP contribution in [0.4, 0.5) is 0 Å². The maximum Gasteiger partial charge on any atom is 0.340 e. The Balaban J connectivity index is 3.21. The minimum Gasteiger partial charge on any atom is -0.479 e. The molecule has 0 aromatic heterocycles. The van der Waals surface area contributed by atoms with Crippen LogP contribution in [0.15, 0.2) is 0 Å². The van der Waals surface area contributed by atoms with Crippen LogP contribution in [0.5, 0.6) is 0 Å². The van der Waals surface area contributed by atoms with Gasteiger partial charge in [0.2, 0.25) is 6.10 Å². The lowest BCUT2D eigenvalue weighted by Crippen LogP contribution is -2.29. The van der Waals surface area contributed by atoms with Gasteiger partial charge in [-0.3, -0.25) is 4.79 Å². The smallest absolute Gasteiger partial charge is 0.340 e. The Morgan fingerprint density at radius 2 is 1.09 bits per heavy atom. The Bertz CT molecular complexity index is 289. The lowest BCUT2D eigenvalue weighted by Gasteiger charge is -2.05. The van der Waals surface area contributed by atoms with Gasteiger partial charge in [-0.15, -0.1) is 0 Å². The van der Waals surface area contributed by atoms with E-state index in [1.54, 1.807) is 0 Å². The topological polar surface area (TPSA) is 74.6 Å². The first-order valence-corrected chi connectivity index (χ1v) is 9.03. The van der Waals surface area contributed by atoms with Gasteiger partial charge in [-0.25, -0.2) is 4.79 Å². The highest BCUT2D eigenvalue weighted by Gasteiger charge is 2.21. The molecule has 2 N–H and O–H groups in total. The molecule has 0 aliphatic rings. The molecule has 0 saturated heterocycles. The zero-order chi connectivity index (χ0) is 16.6. The molecule has 0 aromatic rings. The number of carboxylic acids is 1. The Labute approximate surface area is 135 Å². The molecule has 0 amide bonds. The second-order valence-corrected chi connectivity index (χ2v) is 6.20. The fourth-order valence-corrected chi connectivity index (χ4v) is 2.59. The summed E-state index contributed by atoms with van der Waals surface area (Å²) in [6.07, 6.45) is 14.3. The summed E-state index contributed by atoms with van der Waals surface area (Å²) >= 11 is 0. The third-order valence-corrected chi connectivity index (χ3v) is 4.07. The van der Waals surface area contributed by atoms with E-state index in [0.717, 1.165) is 12.8 Å². The van der Waals surface area contributed by atoms with Crippen molar-refractivity contribution < 1.29 is 19.8 Å². The average Bonchev–Trinajstić information content (AvgIpc) is 2.50. The number of Topliss-reactive ketones (excluding diaryl/α,β-unsaturated/α-hetero) is 1. The van der Waals surface area contributed by atoms with Gasteiger partial charge in [-0.2, -0.15) is 0 Å². The molecular formula is C18H34O4. The van der Waals surface area contributed by atoms with Gasteiger partial charge < -0.3 is 10.2 Å². The molecule has 4 nitrogen and oxygen atoms in total. The standard InChI is InChI=1S/C18H34O4/c1-2-3-4-5-6-7-8-9-10-11-12-13-14-15-16(19)17(20)18(21)22/h17,20H,2-15H2,1H3,(H,21,22). The predicted octanol–water partition coefficient (Wildman–Crippen LogP) is 4.48. The summed E-state index contributed by atoms with van der Waals surface area (Å²) in [6, 6.07) is 0. The molecule has 0 saturated carbocycles. The van der Waals surface area contributed by atoms with Crippen molar-refractivity contribution in [3.05, 3.63) is 0 Å². The Morgan fingerprint density at radius 3 is 1.45 bits per heavy atom. The molecule has 4 heteroatoms. The minimum absolute atomic E-state index is 0.172. The summed E-state index contributed by atoms with van der Waals surface area (Å²) in [7, 11) is 0. The molecule has 0 bridgehead atoms. The molecule has 0 spiro atoms. The molecule has 0 fully saturated rings. The molecule has 22 heavy (non-hydrogen) atoms. The largest absolute Gasteiger partial charge is 0.479 e. The summed E-state index contributed by atoms with van der Waals surface area (Å²) in [5.41, 5.74) is 0. The van der Waals surface area contributed by atoms with Crippen LogP contribution >= 0.6 is 0 Å².